The topological polar surface area (TPSA) is 29.1 Å². The number of carbonyl (C=O) groups excluding carboxylic acids is 1. The summed E-state index contributed by atoms with van der Waals surface area (Å²) in [6.45, 7) is 9.58. The van der Waals surface area contributed by atoms with Gasteiger partial charge in [0.15, 0.2) is 5.78 Å². The standard InChI is InChI=1S/C13H21NO/c1-5-14-8-9-10-6-7-13(4,11(9)15)12(10,2)3/h8,10,14H,5-7H2,1-4H3. The van der Waals surface area contributed by atoms with Gasteiger partial charge < -0.3 is 5.32 Å². The molecule has 15 heavy (non-hydrogen) atoms. The molecule has 0 radical (unpaired) electrons. The van der Waals surface area contributed by atoms with E-state index < -0.39 is 0 Å². The van der Waals surface area contributed by atoms with Crippen LogP contribution in [0.2, 0.25) is 0 Å². The van der Waals surface area contributed by atoms with Crippen LogP contribution in [0.15, 0.2) is 11.8 Å². The summed E-state index contributed by atoms with van der Waals surface area (Å²) in [4.78, 5) is 12.3. The zero-order chi connectivity index (χ0) is 11.3. The van der Waals surface area contributed by atoms with Gasteiger partial charge in [0.25, 0.3) is 0 Å². The number of fused-ring (bicyclic) bond motifs is 2. The van der Waals surface area contributed by atoms with Crippen LogP contribution in [0.25, 0.3) is 0 Å². The summed E-state index contributed by atoms with van der Waals surface area (Å²) in [6.07, 6.45) is 4.19. The van der Waals surface area contributed by atoms with Crippen LogP contribution in [0.3, 0.4) is 0 Å². The quantitative estimate of drug-likeness (QED) is 0.705. The third-order valence-corrected chi connectivity index (χ3v) is 4.83. The smallest absolute Gasteiger partial charge is 0.167 e. The summed E-state index contributed by atoms with van der Waals surface area (Å²) in [5, 5.41) is 3.18. The highest BCUT2D eigenvalue weighted by atomic mass is 16.1. The maximum atomic E-state index is 12.3. The highest BCUT2D eigenvalue weighted by Crippen LogP contribution is 2.65. The van der Waals surface area contributed by atoms with E-state index in [4.69, 9.17) is 0 Å². The van der Waals surface area contributed by atoms with Crippen molar-refractivity contribution in [1.29, 1.82) is 0 Å². The molecule has 2 heteroatoms. The SMILES string of the molecule is CCNC=C1C(=O)C2(C)CCC1C2(C)C. The molecule has 2 aliphatic carbocycles. The first kappa shape index (κ1) is 10.7. The number of carbonyl (C=O) groups is 1. The van der Waals surface area contributed by atoms with Crippen molar-refractivity contribution < 1.29 is 4.79 Å². The van der Waals surface area contributed by atoms with Crippen molar-refractivity contribution in [3.8, 4) is 0 Å². The second-order valence-electron chi connectivity index (χ2n) is 5.63. The van der Waals surface area contributed by atoms with Crippen LogP contribution in [0.4, 0.5) is 0 Å². The Labute approximate surface area is 92.1 Å². The van der Waals surface area contributed by atoms with Crippen molar-refractivity contribution in [3.05, 3.63) is 11.8 Å². The predicted octanol–water partition coefficient (Wildman–Crippen LogP) is 2.51. The lowest BCUT2D eigenvalue weighted by Crippen LogP contribution is -2.32. The summed E-state index contributed by atoms with van der Waals surface area (Å²) in [6, 6.07) is 0. The molecule has 2 atom stereocenters. The minimum Gasteiger partial charge on any atom is -0.391 e. The van der Waals surface area contributed by atoms with E-state index in [2.05, 4.69) is 33.0 Å². The summed E-state index contributed by atoms with van der Waals surface area (Å²) >= 11 is 0. The van der Waals surface area contributed by atoms with Gasteiger partial charge in [0, 0.05) is 23.7 Å². The average molecular weight is 207 g/mol. The first-order valence-corrected chi connectivity index (χ1v) is 5.93. The van der Waals surface area contributed by atoms with Crippen molar-refractivity contribution in [2.45, 2.75) is 40.5 Å². The summed E-state index contributed by atoms with van der Waals surface area (Å²) in [5.74, 6) is 0.846. The van der Waals surface area contributed by atoms with Gasteiger partial charge in [0.2, 0.25) is 0 Å². The van der Waals surface area contributed by atoms with Crippen LogP contribution in [0, 0.1) is 16.7 Å². The zero-order valence-electron chi connectivity index (χ0n) is 10.2. The molecule has 0 spiro atoms. The molecule has 2 saturated carbocycles. The zero-order valence-corrected chi connectivity index (χ0v) is 10.2. The Kier molecular flexibility index (Phi) is 2.21. The lowest BCUT2D eigenvalue weighted by molar-refractivity contribution is -0.125. The number of allylic oxidation sites excluding steroid dienone is 1. The second-order valence-corrected chi connectivity index (χ2v) is 5.63. The number of rotatable bonds is 2. The van der Waals surface area contributed by atoms with Crippen LogP contribution in [0.1, 0.15) is 40.5 Å². The van der Waals surface area contributed by atoms with E-state index in [1.165, 1.54) is 6.42 Å². The average Bonchev–Trinajstić information content (AvgIpc) is 2.48. The Bertz CT molecular complexity index is 329. The number of nitrogens with one attached hydrogen (secondary N) is 1. The van der Waals surface area contributed by atoms with Gasteiger partial charge in [-0.15, -0.1) is 0 Å². The van der Waals surface area contributed by atoms with Crippen molar-refractivity contribution in [2.75, 3.05) is 6.54 Å². The maximum absolute atomic E-state index is 12.3. The molecule has 2 aliphatic rings. The minimum absolute atomic E-state index is 0.112. The third-order valence-electron chi connectivity index (χ3n) is 4.83. The Morgan fingerprint density at radius 3 is 2.60 bits per heavy atom. The van der Waals surface area contributed by atoms with Crippen molar-refractivity contribution in [2.24, 2.45) is 16.7 Å². The summed E-state index contributed by atoms with van der Waals surface area (Å²) < 4.78 is 0. The number of hydrogen-bond donors (Lipinski definition) is 1. The van der Waals surface area contributed by atoms with Crippen LogP contribution >= 0.6 is 0 Å². The van der Waals surface area contributed by atoms with Crippen LogP contribution < -0.4 is 5.32 Å². The fourth-order valence-corrected chi connectivity index (χ4v) is 3.31. The Morgan fingerprint density at radius 1 is 1.47 bits per heavy atom. The fraction of sp³-hybridized carbons (Fsp3) is 0.769. The lowest BCUT2D eigenvalue weighted by atomic mass is 9.70. The molecule has 2 unspecified atom stereocenters. The van der Waals surface area contributed by atoms with Gasteiger partial charge in [-0.1, -0.05) is 20.8 Å². The fourth-order valence-electron chi connectivity index (χ4n) is 3.31. The molecule has 2 rings (SSSR count). The molecular formula is C13H21NO. The normalized spacial score (nSPS) is 40.1. The van der Waals surface area contributed by atoms with E-state index in [1.54, 1.807) is 0 Å². The monoisotopic (exact) mass is 207 g/mol. The van der Waals surface area contributed by atoms with E-state index in [0.717, 1.165) is 18.5 Å². The summed E-state index contributed by atoms with van der Waals surface area (Å²) in [7, 11) is 0. The molecule has 0 saturated heterocycles. The molecule has 0 aromatic carbocycles. The summed E-state index contributed by atoms with van der Waals surface area (Å²) in [5.41, 5.74) is 1.07. The van der Waals surface area contributed by atoms with Gasteiger partial charge in [0.1, 0.15) is 0 Å². The van der Waals surface area contributed by atoms with E-state index in [9.17, 15) is 4.79 Å². The van der Waals surface area contributed by atoms with Crippen molar-refractivity contribution in [3.63, 3.8) is 0 Å². The third kappa shape index (κ3) is 1.14. The number of hydrogen-bond acceptors (Lipinski definition) is 2. The van der Waals surface area contributed by atoms with Crippen LogP contribution in [-0.4, -0.2) is 12.3 Å². The Hall–Kier alpha value is -0.790. The molecule has 0 aliphatic heterocycles. The highest BCUT2D eigenvalue weighted by Gasteiger charge is 2.63. The van der Waals surface area contributed by atoms with E-state index in [0.29, 0.717) is 11.7 Å². The molecule has 2 fully saturated rings. The molecular weight excluding hydrogens is 186 g/mol. The molecule has 2 bridgehead atoms. The van der Waals surface area contributed by atoms with Gasteiger partial charge in [0.05, 0.1) is 0 Å². The molecule has 2 nitrogen and oxygen atoms in total. The van der Waals surface area contributed by atoms with E-state index >= 15 is 0 Å². The lowest BCUT2D eigenvalue weighted by Gasteiger charge is -2.31. The first-order valence-electron chi connectivity index (χ1n) is 5.93. The second kappa shape index (κ2) is 3.10. The number of ketones is 1. The molecule has 0 heterocycles. The van der Waals surface area contributed by atoms with E-state index in [-0.39, 0.29) is 10.8 Å². The highest BCUT2D eigenvalue weighted by molar-refractivity contribution is 6.04. The van der Waals surface area contributed by atoms with Gasteiger partial charge >= 0.3 is 0 Å². The van der Waals surface area contributed by atoms with Gasteiger partial charge in [-0.2, -0.15) is 0 Å². The largest absolute Gasteiger partial charge is 0.391 e. The Balaban J connectivity index is 2.38. The Morgan fingerprint density at radius 2 is 2.13 bits per heavy atom. The van der Waals surface area contributed by atoms with Gasteiger partial charge in [-0.3, -0.25) is 4.79 Å². The maximum Gasteiger partial charge on any atom is 0.167 e. The van der Waals surface area contributed by atoms with Gasteiger partial charge in [-0.25, -0.2) is 0 Å². The van der Waals surface area contributed by atoms with E-state index in [1.807, 2.05) is 6.20 Å². The molecule has 0 amide bonds. The molecule has 1 N–H and O–H groups in total. The first-order chi connectivity index (χ1) is 6.95. The van der Waals surface area contributed by atoms with Gasteiger partial charge in [-0.05, 0) is 31.1 Å². The predicted molar refractivity (Wildman–Crippen MR) is 61.4 cm³/mol. The van der Waals surface area contributed by atoms with Crippen LogP contribution in [-0.2, 0) is 4.79 Å². The van der Waals surface area contributed by atoms with Crippen molar-refractivity contribution >= 4 is 5.78 Å². The number of Topliss-reactive ketones (excluding diaryl/α,β-unsaturated/α-hetero) is 1. The molecule has 84 valence electrons. The molecule has 0 aromatic heterocycles. The minimum atomic E-state index is -0.112. The van der Waals surface area contributed by atoms with Crippen molar-refractivity contribution in [1.82, 2.24) is 5.32 Å². The van der Waals surface area contributed by atoms with Crippen LogP contribution in [0.5, 0.6) is 0 Å². The molecule has 0 aromatic rings.